The van der Waals surface area contributed by atoms with Crippen molar-refractivity contribution in [3.63, 3.8) is 0 Å². The van der Waals surface area contributed by atoms with E-state index in [4.69, 9.17) is 4.74 Å². The van der Waals surface area contributed by atoms with E-state index in [0.717, 1.165) is 6.42 Å². The van der Waals surface area contributed by atoms with Crippen LogP contribution in [0.25, 0.3) is 0 Å². The van der Waals surface area contributed by atoms with Gasteiger partial charge in [0.05, 0.1) is 11.9 Å². The van der Waals surface area contributed by atoms with E-state index in [1.54, 1.807) is 16.7 Å². The summed E-state index contributed by atoms with van der Waals surface area (Å²) in [5, 5.41) is 0. The van der Waals surface area contributed by atoms with E-state index in [0.29, 0.717) is 12.5 Å². The maximum absolute atomic E-state index is 11.5. The van der Waals surface area contributed by atoms with Crippen LogP contribution in [0.2, 0.25) is 0 Å². The van der Waals surface area contributed by atoms with Crippen molar-refractivity contribution in [2.75, 3.05) is 18.7 Å². The van der Waals surface area contributed by atoms with Crippen molar-refractivity contribution in [3.8, 4) is 0 Å². The first-order valence-electron chi connectivity index (χ1n) is 5.27. The molecule has 1 atom stereocenters. The molecule has 1 fully saturated rings. The first kappa shape index (κ1) is 11.3. The van der Waals surface area contributed by atoms with Crippen molar-refractivity contribution in [3.05, 3.63) is 35.9 Å². The Hall–Kier alpha value is -1.16. The van der Waals surface area contributed by atoms with Crippen LogP contribution in [0.4, 0.5) is 4.79 Å². The molecule has 3 nitrogen and oxygen atoms in total. The average Bonchev–Trinajstić information content (AvgIpc) is 2.64. The van der Waals surface area contributed by atoms with E-state index >= 15 is 0 Å². The molecule has 1 amide bonds. The van der Waals surface area contributed by atoms with Gasteiger partial charge in [-0.1, -0.05) is 30.3 Å². The standard InChI is InChI=1S/C12H15NO2S/c1-16-9-13-11(8-15-12(13)14)7-10-5-3-2-4-6-10/h2-6,11H,7-9H2,1H3/t11-/m0/s1. The second-order valence-corrected chi connectivity index (χ2v) is 4.64. The molecule has 0 aliphatic carbocycles. The molecule has 0 saturated carbocycles. The maximum atomic E-state index is 11.5. The summed E-state index contributed by atoms with van der Waals surface area (Å²) in [6, 6.07) is 10.4. The minimum Gasteiger partial charge on any atom is -0.447 e. The lowest BCUT2D eigenvalue weighted by atomic mass is 10.1. The molecule has 1 aliphatic heterocycles. The smallest absolute Gasteiger partial charge is 0.410 e. The summed E-state index contributed by atoms with van der Waals surface area (Å²) >= 11 is 1.64. The van der Waals surface area contributed by atoms with Crippen LogP contribution in [0, 0.1) is 0 Å². The zero-order valence-electron chi connectivity index (χ0n) is 9.26. The van der Waals surface area contributed by atoms with Gasteiger partial charge in [-0.3, -0.25) is 4.90 Å². The zero-order chi connectivity index (χ0) is 11.4. The van der Waals surface area contributed by atoms with Crippen LogP contribution >= 0.6 is 11.8 Å². The second-order valence-electron chi connectivity index (χ2n) is 3.81. The second kappa shape index (κ2) is 5.25. The molecule has 86 valence electrons. The summed E-state index contributed by atoms with van der Waals surface area (Å²) in [4.78, 5) is 13.3. The number of amides is 1. The van der Waals surface area contributed by atoms with E-state index in [1.165, 1.54) is 5.56 Å². The molecule has 1 aromatic carbocycles. The molecule has 0 unspecified atom stereocenters. The topological polar surface area (TPSA) is 29.5 Å². The number of hydrogen-bond acceptors (Lipinski definition) is 3. The van der Waals surface area contributed by atoms with Crippen molar-refractivity contribution < 1.29 is 9.53 Å². The third kappa shape index (κ3) is 2.50. The van der Waals surface area contributed by atoms with Gasteiger partial charge in [-0.2, -0.15) is 0 Å². The molecule has 1 aliphatic rings. The number of ether oxygens (including phenoxy) is 1. The number of carbonyl (C=O) groups is 1. The Morgan fingerprint density at radius 1 is 1.44 bits per heavy atom. The van der Waals surface area contributed by atoms with Gasteiger partial charge in [0, 0.05) is 0 Å². The van der Waals surface area contributed by atoms with Gasteiger partial charge in [-0.15, -0.1) is 11.8 Å². The van der Waals surface area contributed by atoms with Gasteiger partial charge in [0.25, 0.3) is 0 Å². The summed E-state index contributed by atoms with van der Waals surface area (Å²) in [7, 11) is 0. The summed E-state index contributed by atoms with van der Waals surface area (Å²) in [6.07, 6.45) is 2.67. The number of benzene rings is 1. The first-order valence-corrected chi connectivity index (χ1v) is 6.67. The molecular formula is C12H15NO2S. The Morgan fingerprint density at radius 3 is 2.88 bits per heavy atom. The van der Waals surface area contributed by atoms with Crippen LogP contribution in [-0.2, 0) is 11.2 Å². The predicted octanol–water partition coefficient (Wildman–Crippen LogP) is 2.37. The Bertz CT molecular complexity index is 355. The fraction of sp³-hybridized carbons (Fsp3) is 0.417. The van der Waals surface area contributed by atoms with Crippen LogP contribution in [0.5, 0.6) is 0 Å². The minimum atomic E-state index is -0.185. The van der Waals surface area contributed by atoms with Crippen molar-refractivity contribution >= 4 is 17.9 Å². The Morgan fingerprint density at radius 2 is 2.19 bits per heavy atom. The third-order valence-corrected chi connectivity index (χ3v) is 3.19. The lowest BCUT2D eigenvalue weighted by molar-refractivity contribution is 0.162. The van der Waals surface area contributed by atoms with Gasteiger partial charge in [0.1, 0.15) is 6.61 Å². The third-order valence-electron chi connectivity index (χ3n) is 2.66. The highest BCUT2D eigenvalue weighted by molar-refractivity contribution is 7.98. The van der Waals surface area contributed by atoms with Crippen LogP contribution < -0.4 is 0 Å². The highest BCUT2D eigenvalue weighted by atomic mass is 32.2. The molecule has 0 bridgehead atoms. The lowest BCUT2D eigenvalue weighted by Crippen LogP contribution is -2.34. The van der Waals surface area contributed by atoms with Crippen molar-refractivity contribution in [1.82, 2.24) is 4.90 Å². The Balaban J connectivity index is 2.01. The van der Waals surface area contributed by atoms with Gasteiger partial charge in [0.15, 0.2) is 0 Å². The number of thioether (sulfide) groups is 1. The number of rotatable bonds is 4. The molecule has 0 radical (unpaired) electrons. The van der Waals surface area contributed by atoms with E-state index in [-0.39, 0.29) is 12.1 Å². The molecule has 0 N–H and O–H groups in total. The van der Waals surface area contributed by atoms with E-state index in [9.17, 15) is 4.79 Å². The molecule has 1 aromatic rings. The fourth-order valence-electron chi connectivity index (χ4n) is 1.84. The molecule has 4 heteroatoms. The van der Waals surface area contributed by atoms with Crippen LogP contribution in [0.1, 0.15) is 5.56 Å². The number of hydrogen-bond donors (Lipinski definition) is 0. The van der Waals surface area contributed by atoms with Crippen LogP contribution in [0.15, 0.2) is 30.3 Å². The summed E-state index contributed by atoms with van der Waals surface area (Å²) in [6.45, 7) is 0.508. The van der Waals surface area contributed by atoms with Crippen molar-refractivity contribution in [2.45, 2.75) is 12.5 Å². The highest BCUT2D eigenvalue weighted by Gasteiger charge is 2.32. The monoisotopic (exact) mass is 237 g/mol. The predicted molar refractivity (Wildman–Crippen MR) is 65.5 cm³/mol. The van der Waals surface area contributed by atoms with Gasteiger partial charge in [-0.05, 0) is 18.2 Å². The molecule has 1 saturated heterocycles. The minimum absolute atomic E-state index is 0.183. The van der Waals surface area contributed by atoms with Crippen molar-refractivity contribution in [2.24, 2.45) is 0 Å². The van der Waals surface area contributed by atoms with E-state index in [1.807, 2.05) is 24.5 Å². The molecular weight excluding hydrogens is 222 g/mol. The molecule has 2 rings (SSSR count). The summed E-state index contributed by atoms with van der Waals surface area (Å²) in [5.74, 6) is 0.705. The van der Waals surface area contributed by atoms with Crippen molar-refractivity contribution in [1.29, 1.82) is 0 Å². The van der Waals surface area contributed by atoms with Gasteiger partial charge < -0.3 is 4.74 Å². The Labute approximate surface area is 99.8 Å². The molecule has 16 heavy (non-hydrogen) atoms. The zero-order valence-corrected chi connectivity index (χ0v) is 10.1. The quantitative estimate of drug-likeness (QED) is 0.805. The summed E-state index contributed by atoms with van der Waals surface area (Å²) in [5.41, 5.74) is 1.25. The molecule has 0 spiro atoms. The maximum Gasteiger partial charge on any atom is 0.410 e. The van der Waals surface area contributed by atoms with Gasteiger partial charge in [-0.25, -0.2) is 4.79 Å². The van der Waals surface area contributed by atoms with Gasteiger partial charge >= 0.3 is 6.09 Å². The summed E-state index contributed by atoms with van der Waals surface area (Å²) < 4.78 is 5.08. The number of nitrogens with zero attached hydrogens (tertiary/aromatic N) is 1. The normalized spacial score (nSPS) is 19.9. The SMILES string of the molecule is CSCN1C(=O)OC[C@@H]1Cc1ccccc1. The molecule has 0 aromatic heterocycles. The first-order chi connectivity index (χ1) is 7.81. The lowest BCUT2D eigenvalue weighted by Gasteiger charge is -2.20. The van der Waals surface area contributed by atoms with Gasteiger partial charge in [0.2, 0.25) is 0 Å². The molecule has 1 heterocycles. The Kier molecular flexibility index (Phi) is 3.72. The highest BCUT2D eigenvalue weighted by Crippen LogP contribution is 2.18. The fourth-order valence-corrected chi connectivity index (χ4v) is 2.44. The van der Waals surface area contributed by atoms with Crippen LogP contribution in [-0.4, -0.2) is 35.8 Å². The average molecular weight is 237 g/mol. The number of carbonyl (C=O) groups excluding carboxylic acids is 1. The van der Waals surface area contributed by atoms with E-state index in [2.05, 4.69) is 12.1 Å². The van der Waals surface area contributed by atoms with Crippen LogP contribution in [0.3, 0.4) is 0 Å². The number of cyclic esters (lactones) is 1. The largest absolute Gasteiger partial charge is 0.447 e. The van der Waals surface area contributed by atoms with E-state index < -0.39 is 0 Å².